The van der Waals surface area contributed by atoms with E-state index in [0.29, 0.717) is 0 Å². The van der Waals surface area contributed by atoms with E-state index in [4.69, 9.17) is 5.11 Å². The molecule has 0 aromatic heterocycles. The van der Waals surface area contributed by atoms with Crippen LogP contribution < -0.4 is 4.90 Å². The van der Waals surface area contributed by atoms with Gasteiger partial charge in [0.1, 0.15) is 0 Å². The van der Waals surface area contributed by atoms with Gasteiger partial charge in [0.15, 0.2) is 0 Å². The van der Waals surface area contributed by atoms with Crippen molar-refractivity contribution in [1.29, 1.82) is 0 Å². The van der Waals surface area contributed by atoms with Crippen molar-refractivity contribution in [1.82, 2.24) is 9.80 Å². The van der Waals surface area contributed by atoms with Gasteiger partial charge in [0.2, 0.25) is 0 Å². The molecule has 0 atom stereocenters. The highest BCUT2D eigenvalue weighted by molar-refractivity contribution is 7.99. The molecule has 2 aromatic rings. The van der Waals surface area contributed by atoms with Crippen LogP contribution in [0, 0.1) is 6.92 Å². The van der Waals surface area contributed by atoms with Crippen molar-refractivity contribution in [2.24, 2.45) is 0 Å². The highest BCUT2D eigenvalue weighted by Crippen LogP contribution is 2.48. The van der Waals surface area contributed by atoms with Crippen LogP contribution in [-0.4, -0.2) is 67.3 Å². The van der Waals surface area contributed by atoms with Gasteiger partial charge in [-0.1, -0.05) is 30.0 Å². The highest BCUT2D eigenvalue weighted by Gasteiger charge is 2.23. The molecule has 2 heterocycles. The van der Waals surface area contributed by atoms with Crippen molar-refractivity contribution in [2.75, 3.05) is 57.3 Å². The quantitative estimate of drug-likeness (QED) is 0.823. The number of aliphatic hydroxyl groups excluding tert-OH is 1. The maximum absolute atomic E-state index is 9.09. The molecule has 1 fully saturated rings. The molecule has 0 spiro atoms. The van der Waals surface area contributed by atoms with Crippen LogP contribution in [0.3, 0.4) is 0 Å². The van der Waals surface area contributed by atoms with Crippen molar-refractivity contribution in [2.45, 2.75) is 23.1 Å². The lowest BCUT2D eigenvalue weighted by molar-refractivity contribution is 0.112. The predicted octanol–water partition coefficient (Wildman–Crippen LogP) is 3.60. The van der Waals surface area contributed by atoms with E-state index < -0.39 is 0 Å². The maximum atomic E-state index is 9.09. The molecule has 2 aromatic carbocycles. The molecular weight excluding hydrogens is 354 g/mol. The highest BCUT2D eigenvalue weighted by atomic mass is 32.2. The lowest BCUT2D eigenvalue weighted by Gasteiger charge is -2.36. The van der Waals surface area contributed by atoms with Gasteiger partial charge in [0.05, 0.1) is 18.0 Å². The number of nitrogens with zero attached hydrogens (tertiary/aromatic N) is 3. The van der Waals surface area contributed by atoms with Gasteiger partial charge in [0, 0.05) is 49.1 Å². The number of benzene rings is 2. The smallest absolute Gasteiger partial charge is 0.0558 e. The van der Waals surface area contributed by atoms with E-state index in [2.05, 4.69) is 64.1 Å². The summed E-state index contributed by atoms with van der Waals surface area (Å²) in [6.45, 7) is 9.82. The lowest BCUT2D eigenvalue weighted by Crippen LogP contribution is -2.47. The summed E-state index contributed by atoms with van der Waals surface area (Å²) in [6.07, 6.45) is 1.16. The Kier molecular flexibility index (Phi) is 6.03. The number of rotatable bonds is 6. The fraction of sp³-hybridized carbons (Fsp3) is 0.455. The van der Waals surface area contributed by atoms with Crippen LogP contribution in [0.2, 0.25) is 0 Å². The lowest BCUT2D eigenvalue weighted by atomic mass is 10.1. The number of para-hydroxylation sites is 1. The van der Waals surface area contributed by atoms with Gasteiger partial charge in [-0.15, -0.1) is 0 Å². The van der Waals surface area contributed by atoms with Gasteiger partial charge in [-0.3, -0.25) is 4.90 Å². The first kappa shape index (κ1) is 18.8. The molecule has 0 amide bonds. The zero-order valence-electron chi connectivity index (χ0n) is 16.1. The van der Waals surface area contributed by atoms with E-state index in [0.717, 1.165) is 52.2 Å². The second kappa shape index (κ2) is 8.65. The number of fused-ring (bicyclic) bond motifs is 2. The Balaban J connectivity index is 1.41. The fourth-order valence-corrected chi connectivity index (χ4v) is 5.09. The number of β-amino-alcohol motifs (C(OH)–C–C–N with tert-alkyl or cyclic N) is 1. The van der Waals surface area contributed by atoms with E-state index in [-0.39, 0.29) is 6.61 Å². The molecule has 2 aliphatic rings. The van der Waals surface area contributed by atoms with E-state index in [9.17, 15) is 0 Å². The number of anilines is 2. The second-order valence-electron chi connectivity index (χ2n) is 7.45. The minimum Gasteiger partial charge on any atom is -0.395 e. The minimum atomic E-state index is 0.269. The molecule has 0 radical (unpaired) electrons. The van der Waals surface area contributed by atoms with Gasteiger partial charge in [-0.05, 0) is 49.7 Å². The molecule has 0 bridgehead atoms. The molecule has 5 heteroatoms. The third-order valence-electron chi connectivity index (χ3n) is 5.52. The SMILES string of the molecule is Cc1ccc2c(c1)N(CCCN1CCN(CCO)CC1)c1ccccc1S2. The number of aliphatic hydroxyl groups is 1. The van der Waals surface area contributed by atoms with Crippen molar-refractivity contribution in [3.8, 4) is 0 Å². The molecule has 1 saturated heterocycles. The first-order valence-corrected chi connectivity index (χ1v) is 10.8. The fourth-order valence-electron chi connectivity index (χ4n) is 4.01. The molecule has 0 saturated carbocycles. The molecule has 27 heavy (non-hydrogen) atoms. The van der Waals surface area contributed by atoms with Crippen LogP contribution in [0.15, 0.2) is 52.3 Å². The van der Waals surface area contributed by atoms with E-state index >= 15 is 0 Å². The predicted molar refractivity (Wildman–Crippen MR) is 113 cm³/mol. The van der Waals surface area contributed by atoms with Gasteiger partial charge < -0.3 is 14.9 Å². The van der Waals surface area contributed by atoms with Crippen LogP contribution in [0.4, 0.5) is 11.4 Å². The largest absolute Gasteiger partial charge is 0.395 e. The summed E-state index contributed by atoms with van der Waals surface area (Å²) in [5, 5.41) is 9.09. The molecule has 4 nitrogen and oxygen atoms in total. The van der Waals surface area contributed by atoms with Crippen LogP contribution >= 0.6 is 11.8 Å². The number of aryl methyl sites for hydroxylation is 1. The minimum absolute atomic E-state index is 0.269. The Morgan fingerprint density at radius 1 is 0.852 bits per heavy atom. The molecule has 0 aliphatic carbocycles. The summed E-state index contributed by atoms with van der Waals surface area (Å²) < 4.78 is 0. The Morgan fingerprint density at radius 2 is 1.56 bits per heavy atom. The standard InChI is InChI=1S/C22H29N3OS/c1-18-7-8-22-20(17-18)25(19-5-2-3-6-21(19)27-22)10-4-9-23-11-13-24(14-12-23)15-16-26/h2-3,5-8,17,26H,4,9-16H2,1H3. The van der Waals surface area contributed by atoms with Crippen molar-refractivity contribution < 1.29 is 5.11 Å². The summed E-state index contributed by atoms with van der Waals surface area (Å²) in [5.41, 5.74) is 4.01. The molecule has 144 valence electrons. The van der Waals surface area contributed by atoms with Crippen LogP contribution in [0.1, 0.15) is 12.0 Å². The Labute approximate surface area is 166 Å². The average Bonchev–Trinajstić information content (AvgIpc) is 2.69. The number of hydrogen-bond donors (Lipinski definition) is 1. The molecule has 0 unspecified atom stereocenters. The Bertz CT molecular complexity index is 774. The van der Waals surface area contributed by atoms with E-state index in [1.165, 1.54) is 26.7 Å². The first-order chi connectivity index (χ1) is 13.2. The van der Waals surface area contributed by atoms with Gasteiger partial charge >= 0.3 is 0 Å². The third kappa shape index (κ3) is 4.32. The van der Waals surface area contributed by atoms with Crippen molar-refractivity contribution in [3.05, 3.63) is 48.0 Å². The first-order valence-electron chi connectivity index (χ1n) is 9.95. The summed E-state index contributed by atoms with van der Waals surface area (Å²) in [7, 11) is 0. The van der Waals surface area contributed by atoms with Crippen molar-refractivity contribution in [3.63, 3.8) is 0 Å². The second-order valence-corrected chi connectivity index (χ2v) is 8.54. The van der Waals surface area contributed by atoms with E-state index in [1.54, 1.807) is 0 Å². The van der Waals surface area contributed by atoms with Gasteiger partial charge in [-0.25, -0.2) is 0 Å². The third-order valence-corrected chi connectivity index (χ3v) is 6.65. The van der Waals surface area contributed by atoms with E-state index in [1.807, 2.05) is 11.8 Å². The summed E-state index contributed by atoms with van der Waals surface area (Å²) in [6, 6.07) is 15.6. The normalized spacial score (nSPS) is 17.6. The maximum Gasteiger partial charge on any atom is 0.0558 e. The molecule has 2 aliphatic heterocycles. The van der Waals surface area contributed by atoms with Gasteiger partial charge in [0.25, 0.3) is 0 Å². The van der Waals surface area contributed by atoms with Crippen LogP contribution in [-0.2, 0) is 0 Å². The summed E-state index contributed by atoms with van der Waals surface area (Å²) in [5.74, 6) is 0. The summed E-state index contributed by atoms with van der Waals surface area (Å²) in [4.78, 5) is 10.1. The zero-order chi connectivity index (χ0) is 18.6. The zero-order valence-corrected chi connectivity index (χ0v) is 16.9. The monoisotopic (exact) mass is 383 g/mol. The Hall–Kier alpha value is -1.53. The topological polar surface area (TPSA) is 30.0 Å². The Morgan fingerprint density at radius 3 is 2.33 bits per heavy atom. The summed E-state index contributed by atoms with van der Waals surface area (Å²) >= 11 is 1.88. The van der Waals surface area contributed by atoms with Gasteiger partial charge in [-0.2, -0.15) is 0 Å². The number of piperazine rings is 1. The molecule has 4 rings (SSSR count). The van der Waals surface area contributed by atoms with Crippen LogP contribution in [0.5, 0.6) is 0 Å². The molecule has 1 N–H and O–H groups in total. The number of hydrogen-bond acceptors (Lipinski definition) is 5. The molecular formula is C22H29N3OS. The average molecular weight is 384 g/mol. The van der Waals surface area contributed by atoms with Crippen LogP contribution in [0.25, 0.3) is 0 Å². The van der Waals surface area contributed by atoms with Crippen molar-refractivity contribution >= 4 is 23.1 Å².